The summed E-state index contributed by atoms with van der Waals surface area (Å²) >= 11 is 1.61. The number of nitrogens with two attached hydrogens (primary N) is 1. The Kier molecular flexibility index (Phi) is 7.01. The Morgan fingerprint density at radius 1 is 1.29 bits per heavy atom. The molecule has 5 nitrogen and oxygen atoms in total. The van der Waals surface area contributed by atoms with Crippen LogP contribution >= 0.6 is 11.3 Å². The third-order valence-electron chi connectivity index (χ3n) is 4.97. The molecule has 0 unspecified atom stereocenters. The molecule has 1 aliphatic heterocycles. The van der Waals surface area contributed by atoms with Crippen LogP contribution in [0.2, 0.25) is 0 Å². The highest BCUT2D eigenvalue weighted by molar-refractivity contribution is 7.09. The number of carbonyl (C=O) groups excluding carboxylic acids is 2. The van der Waals surface area contributed by atoms with Gasteiger partial charge in [-0.1, -0.05) is 43.7 Å². The van der Waals surface area contributed by atoms with Crippen molar-refractivity contribution in [2.75, 3.05) is 11.4 Å². The predicted octanol–water partition coefficient (Wildman–Crippen LogP) is 3.05. The van der Waals surface area contributed by atoms with Gasteiger partial charge < -0.3 is 10.6 Å². The molecule has 28 heavy (non-hydrogen) atoms. The summed E-state index contributed by atoms with van der Waals surface area (Å²) in [5.41, 5.74) is 7.81. The van der Waals surface area contributed by atoms with Gasteiger partial charge in [0.15, 0.2) is 0 Å². The molecule has 0 saturated carbocycles. The summed E-state index contributed by atoms with van der Waals surface area (Å²) in [5.74, 6) is -0.399. The van der Waals surface area contributed by atoms with Crippen molar-refractivity contribution in [2.45, 2.75) is 44.7 Å². The SMILES string of the molecule is CCC[C@@H](/C=C/C(=O)N1CCc2ccccc21)N[C@@H](Cc1cccs1)C(N)=O. The van der Waals surface area contributed by atoms with Gasteiger partial charge in [-0.15, -0.1) is 11.3 Å². The first-order valence-electron chi connectivity index (χ1n) is 9.73. The molecule has 0 saturated heterocycles. The Morgan fingerprint density at radius 3 is 2.82 bits per heavy atom. The number of hydrogen-bond acceptors (Lipinski definition) is 4. The van der Waals surface area contributed by atoms with Crippen LogP contribution < -0.4 is 16.0 Å². The molecule has 148 valence electrons. The lowest BCUT2D eigenvalue weighted by molar-refractivity contribution is -0.120. The number of amides is 2. The lowest BCUT2D eigenvalue weighted by Crippen LogP contribution is -2.47. The number of carbonyl (C=O) groups is 2. The van der Waals surface area contributed by atoms with Gasteiger partial charge in [0.2, 0.25) is 5.91 Å². The summed E-state index contributed by atoms with van der Waals surface area (Å²) in [4.78, 5) is 27.6. The lowest BCUT2D eigenvalue weighted by Gasteiger charge is -2.21. The minimum Gasteiger partial charge on any atom is -0.368 e. The molecule has 1 aliphatic rings. The smallest absolute Gasteiger partial charge is 0.250 e. The highest BCUT2D eigenvalue weighted by Crippen LogP contribution is 2.27. The van der Waals surface area contributed by atoms with Crippen LogP contribution in [0.1, 0.15) is 30.2 Å². The standard InChI is InChI=1S/C22H27N3O2S/c1-2-6-17(24-19(22(23)27)15-18-8-5-14-28-18)10-11-21(26)25-13-12-16-7-3-4-9-20(16)25/h3-5,7-11,14,17,19,24H,2,6,12-13,15H2,1H3,(H2,23,27)/b11-10+/t17-,19-/m0/s1. The van der Waals surface area contributed by atoms with Gasteiger partial charge in [0.25, 0.3) is 5.91 Å². The number of primary amides is 1. The van der Waals surface area contributed by atoms with Crippen LogP contribution in [0.4, 0.5) is 5.69 Å². The number of fused-ring (bicyclic) bond motifs is 1. The van der Waals surface area contributed by atoms with Gasteiger partial charge in [0.05, 0.1) is 6.04 Å². The van der Waals surface area contributed by atoms with E-state index in [4.69, 9.17) is 5.73 Å². The maximum atomic E-state index is 12.7. The Bertz CT molecular complexity index is 832. The molecule has 2 amide bonds. The number of thiophene rings is 1. The van der Waals surface area contributed by atoms with Crippen LogP contribution in [-0.2, 0) is 22.4 Å². The Hall–Kier alpha value is -2.44. The Balaban J connectivity index is 1.66. The molecule has 2 aromatic rings. The first-order chi connectivity index (χ1) is 13.6. The van der Waals surface area contributed by atoms with Crippen molar-refractivity contribution in [1.82, 2.24) is 5.32 Å². The highest BCUT2D eigenvalue weighted by Gasteiger charge is 2.23. The molecule has 2 heterocycles. The average Bonchev–Trinajstić information content (AvgIpc) is 3.35. The molecule has 0 bridgehead atoms. The number of nitrogens with zero attached hydrogens (tertiary/aromatic N) is 1. The van der Waals surface area contributed by atoms with Gasteiger partial charge in [-0.2, -0.15) is 0 Å². The number of anilines is 1. The molecule has 6 heteroatoms. The van der Waals surface area contributed by atoms with Crippen LogP contribution in [-0.4, -0.2) is 30.4 Å². The van der Waals surface area contributed by atoms with Crippen molar-refractivity contribution in [3.8, 4) is 0 Å². The predicted molar refractivity (Wildman–Crippen MR) is 114 cm³/mol. The van der Waals surface area contributed by atoms with E-state index in [0.717, 1.165) is 29.8 Å². The first-order valence-corrected chi connectivity index (χ1v) is 10.6. The second kappa shape index (κ2) is 9.66. The molecule has 1 aromatic heterocycles. The summed E-state index contributed by atoms with van der Waals surface area (Å²) in [6.45, 7) is 2.79. The number of nitrogens with one attached hydrogen (secondary N) is 1. The van der Waals surface area contributed by atoms with Crippen LogP contribution in [0.3, 0.4) is 0 Å². The zero-order valence-electron chi connectivity index (χ0n) is 16.1. The van der Waals surface area contributed by atoms with Crippen LogP contribution in [0, 0.1) is 0 Å². The van der Waals surface area contributed by atoms with Crippen LogP contribution in [0.5, 0.6) is 0 Å². The Labute approximate surface area is 170 Å². The minimum atomic E-state index is -0.456. The molecule has 3 N–H and O–H groups in total. The maximum Gasteiger partial charge on any atom is 0.250 e. The van der Waals surface area contributed by atoms with E-state index in [1.54, 1.807) is 17.4 Å². The van der Waals surface area contributed by atoms with Crippen molar-refractivity contribution >= 4 is 28.8 Å². The van der Waals surface area contributed by atoms with E-state index in [2.05, 4.69) is 18.3 Å². The Morgan fingerprint density at radius 2 is 2.11 bits per heavy atom. The van der Waals surface area contributed by atoms with Crippen LogP contribution in [0.15, 0.2) is 53.9 Å². The molecular formula is C22H27N3O2S. The van der Waals surface area contributed by atoms with E-state index < -0.39 is 6.04 Å². The number of para-hydroxylation sites is 1. The maximum absolute atomic E-state index is 12.7. The fraction of sp³-hybridized carbons (Fsp3) is 0.364. The van der Waals surface area contributed by atoms with Crippen molar-refractivity contribution in [1.29, 1.82) is 0 Å². The van der Waals surface area contributed by atoms with Gasteiger partial charge in [0.1, 0.15) is 0 Å². The molecule has 0 fully saturated rings. The van der Waals surface area contributed by atoms with Crippen molar-refractivity contribution < 1.29 is 9.59 Å². The molecule has 0 aliphatic carbocycles. The third-order valence-corrected chi connectivity index (χ3v) is 5.87. The van der Waals surface area contributed by atoms with Crippen molar-refractivity contribution in [2.24, 2.45) is 5.73 Å². The normalized spacial score (nSPS) is 15.5. The number of hydrogen-bond donors (Lipinski definition) is 2. The van der Waals surface area contributed by atoms with Gasteiger partial charge >= 0.3 is 0 Å². The molecule has 2 atom stereocenters. The first kappa shape index (κ1) is 20.3. The summed E-state index contributed by atoms with van der Waals surface area (Å²) in [5, 5.41) is 5.32. The van der Waals surface area contributed by atoms with E-state index in [9.17, 15) is 9.59 Å². The minimum absolute atomic E-state index is 0.0262. The largest absolute Gasteiger partial charge is 0.368 e. The summed E-state index contributed by atoms with van der Waals surface area (Å²) in [7, 11) is 0. The van der Waals surface area contributed by atoms with E-state index in [1.165, 1.54) is 5.56 Å². The van der Waals surface area contributed by atoms with Gasteiger partial charge in [0, 0.05) is 35.6 Å². The van der Waals surface area contributed by atoms with E-state index in [1.807, 2.05) is 46.7 Å². The topological polar surface area (TPSA) is 75.4 Å². The summed E-state index contributed by atoms with van der Waals surface area (Å²) in [6, 6.07) is 11.4. The zero-order valence-corrected chi connectivity index (χ0v) is 17.0. The van der Waals surface area contributed by atoms with Gasteiger partial charge in [-0.25, -0.2) is 0 Å². The highest BCUT2D eigenvalue weighted by atomic mass is 32.1. The van der Waals surface area contributed by atoms with Crippen molar-refractivity contribution in [3.63, 3.8) is 0 Å². The number of benzene rings is 1. The summed E-state index contributed by atoms with van der Waals surface area (Å²) in [6.07, 6.45) is 6.71. The number of rotatable bonds is 9. The average molecular weight is 398 g/mol. The zero-order chi connectivity index (χ0) is 19.9. The van der Waals surface area contributed by atoms with Gasteiger partial charge in [-0.05, 0) is 35.9 Å². The lowest BCUT2D eigenvalue weighted by atomic mass is 10.1. The summed E-state index contributed by atoms with van der Waals surface area (Å²) < 4.78 is 0. The second-order valence-electron chi connectivity index (χ2n) is 7.03. The third kappa shape index (κ3) is 5.09. The molecule has 3 rings (SSSR count). The van der Waals surface area contributed by atoms with E-state index >= 15 is 0 Å². The molecule has 0 spiro atoms. The molecular weight excluding hydrogens is 370 g/mol. The fourth-order valence-corrected chi connectivity index (χ4v) is 4.28. The van der Waals surface area contributed by atoms with E-state index in [0.29, 0.717) is 13.0 Å². The molecule has 0 radical (unpaired) electrons. The quantitative estimate of drug-likeness (QED) is 0.639. The van der Waals surface area contributed by atoms with E-state index in [-0.39, 0.29) is 17.9 Å². The monoisotopic (exact) mass is 397 g/mol. The molecule has 1 aromatic carbocycles. The second-order valence-corrected chi connectivity index (χ2v) is 8.06. The van der Waals surface area contributed by atoms with Crippen molar-refractivity contribution in [3.05, 3.63) is 64.4 Å². The fourth-order valence-electron chi connectivity index (χ4n) is 3.53. The van der Waals surface area contributed by atoms with Crippen LogP contribution in [0.25, 0.3) is 0 Å². The van der Waals surface area contributed by atoms with Gasteiger partial charge in [-0.3, -0.25) is 14.9 Å².